The van der Waals surface area contributed by atoms with Gasteiger partial charge in [-0.05, 0) is 39.0 Å². The number of allylic oxidation sites excluding steroid dienone is 3. The van der Waals surface area contributed by atoms with Gasteiger partial charge in [0.15, 0.2) is 11.6 Å². The minimum absolute atomic E-state index is 0.000745. The van der Waals surface area contributed by atoms with E-state index in [1.54, 1.807) is 0 Å². The Kier molecular flexibility index (Phi) is 5.78. The Morgan fingerprint density at radius 3 is 2.22 bits per heavy atom. The number of ether oxygens (including phenoxy) is 1. The molecule has 0 bridgehead atoms. The summed E-state index contributed by atoms with van der Waals surface area (Å²) in [6.07, 6.45) is 2.43. The predicted octanol–water partition coefficient (Wildman–Crippen LogP) is 2.06. The van der Waals surface area contributed by atoms with Gasteiger partial charge in [0.1, 0.15) is 11.3 Å². The zero-order valence-corrected chi connectivity index (χ0v) is 13.1. The predicted molar refractivity (Wildman–Crippen MR) is 81.4 cm³/mol. The molecule has 7 nitrogen and oxygen atoms in total. The van der Waals surface area contributed by atoms with Gasteiger partial charge < -0.3 is 14.3 Å². The van der Waals surface area contributed by atoms with Crippen molar-refractivity contribution < 1.29 is 28.6 Å². The molecule has 0 amide bonds. The molecule has 122 valence electrons. The molecule has 0 radical (unpaired) electrons. The summed E-state index contributed by atoms with van der Waals surface area (Å²) < 4.78 is 9.39. The van der Waals surface area contributed by atoms with Crippen molar-refractivity contribution in [3.05, 3.63) is 50.8 Å². The summed E-state index contributed by atoms with van der Waals surface area (Å²) in [7, 11) is 1.09. The Morgan fingerprint density at radius 2 is 1.78 bits per heavy atom. The van der Waals surface area contributed by atoms with Gasteiger partial charge in [0.25, 0.3) is 0 Å². The second-order valence-corrected chi connectivity index (χ2v) is 4.66. The van der Waals surface area contributed by atoms with Gasteiger partial charge in [-0.1, -0.05) is 0 Å². The number of aliphatic hydroxyl groups excluding tert-OH is 1. The Labute approximate surface area is 131 Å². The first-order chi connectivity index (χ1) is 10.7. The Hall–Kier alpha value is -2.96. The number of Topliss-reactive ketones (excluding diaryl/α,β-unsaturated/α-hetero) is 2. The largest absolute Gasteiger partial charge is 0.512 e. The van der Waals surface area contributed by atoms with Gasteiger partial charge in [-0.25, -0.2) is 9.59 Å². The number of hydrogen-bond donors (Lipinski definition) is 1. The lowest BCUT2D eigenvalue weighted by Gasteiger charge is -2.04. The van der Waals surface area contributed by atoms with Crippen LogP contribution in [0.1, 0.15) is 47.2 Å². The quantitative estimate of drug-likeness (QED) is 0.290. The van der Waals surface area contributed by atoms with E-state index in [1.165, 1.54) is 32.9 Å². The number of carbonyl (C=O) groups is 3. The van der Waals surface area contributed by atoms with Crippen LogP contribution in [0.4, 0.5) is 0 Å². The molecule has 0 saturated heterocycles. The van der Waals surface area contributed by atoms with E-state index in [-0.39, 0.29) is 22.7 Å². The van der Waals surface area contributed by atoms with Gasteiger partial charge in [0.05, 0.1) is 24.0 Å². The number of aliphatic hydroxyl groups is 1. The molecule has 0 atom stereocenters. The molecule has 1 aromatic rings. The molecular weight excluding hydrogens is 304 g/mol. The van der Waals surface area contributed by atoms with E-state index in [1.807, 2.05) is 0 Å². The molecular formula is C16H16O7. The minimum atomic E-state index is -0.976. The summed E-state index contributed by atoms with van der Waals surface area (Å²) in [5.41, 5.74) is -1.41. The summed E-state index contributed by atoms with van der Waals surface area (Å²) in [6, 6.07) is 1.07. The summed E-state index contributed by atoms with van der Waals surface area (Å²) in [4.78, 5) is 46.3. The first kappa shape index (κ1) is 18.1. The van der Waals surface area contributed by atoms with Crippen molar-refractivity contribution in [1.82, 2.24) is 0 Å². The number of hydrogen-bond acceptors (Lipinski definition) is 7. The maximum atomic E-state index is 11.8. The van der Waals surface area contributed by atoms with E-state index in [0.717, 1.165) is 13.2 Å². The van der Waals surface area contributed by atoms with Crippen LogP contribution < -0.4 is 5.63 Å². The van der Waals surface area contributed by atoms with E-state index in [2.05, 4.69) is 4.74 Å². The maximum absolute atomic E-state index is 11.8. The maximum Gasteiger partial charge on any atom is 0.351 e. The third kappa shape index (κ3) is 4.26. The fourth-order valence-electron chi connectivity index (χ4n) is 1.79. The third-order valence-electron chi connectivity index (χ3n) is 2.93. The first-order valence-electron chi connectivity index (χ1n) is 6.55. The fourth-order valence-corrected chi connectivity index (χ4v) is 1.79. The molecule has 0 aliphatic carbocycles. The van der Waals surface area contributed by atoms with Crippen LogP contribution in [0.2, 0.25) is 0 Å². The summed E-state index contributed by atoms with van der Waals surface area (Å²) in [5.74, 6) is -2.12. The Balaban J connectivity index is 3.49. The van der Waals surface area contributed by atoms with E-state index in [9.17, 15) is 24.3 Å². The highest BCUT2D eigenvalue weighted by molar-refractivity contribution is 6.01. The van der Waals surface area contributed by atoms with Crippen molar-refractivity contribution in [2.24, 2.45) is 0 Å². The van der Waals surface area contributed by atoms with Gasteiger partial charge in [0.2, 0.25) is 0 Å². The van der Waals surface area contributed by atoms with Gasteiger partial charge in [-0.2, -0.15) is 0 Å². The van der Waals surface area contributed by atoms with Crippen LogP contribution in [0.15, 0.2) is 32.7 Å². The first-order valence-corrected chi connectivity index (χ1v) is 6.55. The van der Waals surface area contributed by atoms with Crippen LogP contribution >= 0.6 is 0 Å². The lowest BCUT2D eigenvalue weighted by Crippen LogP contribution is -2.17. The molecule has 23 heavy (non-hydrogen) atoms. The molecule has 0 spiro atoms. The standard InChI is InChI=1S/C16H16O7/c1-8(17)11(9(2)18)5-6-14-12(10(3)19)7-13(15(20)22-4)16(21)23-14/h5-7,17H,1-4H3/b6-5+,11-8+. The van der Waals surface area contributed by atoms with Gasteiger partial charge >= 0.3 is 11.6 Å². The molecule has 0 aliphatic heterocycles. The SMILES string of the molecule is COC(=O)c1cc(C(C)=O)c(/C=C/C(C(C)=O)=C(/C)O)oc1=O. The van der Waals surface area contributed by atoms with Crippen LogP contribution in [0.3, 0.4) is 0 Å². The topological polar surface area (TPSA) is 111 Å². The van der Waals surface area contributed by atoms with Crippen molar-refractivity contribution in [2.45, 2.75) is 20.8 Å². The van der Waals surface area contributed by atoms with Crippen LogP contribution in [0.25, 0.3) is 6.08 Å². The summed E-state index contributed by atoms with van der Waals surface area (Å²) in [5, 5.41) is 9.43. The van der Waals surface area contributed by atoms with E-state index in [4.69, 9.17) is 4.42 Å². The van der Waals surface area contributed by atoms with Gasteiger partial charge in [0, 0.05) is 0 Å². The monoisotopic (exact) mass is 320 g/mol. The van der Waals surface area contributed by atoms with Crippen LogP contribution in [0, 0.1) is 0 Å². The molecule has 1 N–H and O–H groups in total. The van der Waals surface area contributed by atoms with Gasteiger partial charge in [-0.15, -0.1) is 0 Å². The van der Waals surface area contributed by atoms with Crippen LogP contribution in [-0.4, -0.2) is 29.8 Å². The highest BCUT2D eigenvalue weighted by Crippen LogP contribution is 2.15. The van der Waals surface area contributed by atoms with E-state index in [0.29, 0.717) is 0 Å². The molecule has 7 heteroatoms. The zero-order chi connectivity index (χ0) is 17.7. The number of methoxy groups -OCH3 is 1. The van der Waals surface area contributed by atoms with Gasteiger partial charge in [-0.3, -0.25) is 9.59 Å². The number of esters is 1. The normalized spacial score (nSPS) is 12.0. The zero-order valence-electron chi connectivity index (χ0n) is 13.1. The summed E-state index contributed by atoms with van der Waals surface area (Å²) >= 11 is 0. The number of ketones is 2. The average Bonchev–Trinajstić information content (AvgIpc) is 2.45. The lowest BCUT2D eigenvalue weighted by atomic mass is 10.1. The Morgan fingerprint density at radius 1 is 1.17 bits per heavy atom. The molecule has 1 aromatic heterocycles. The van der Waals surface area contributed by atoms with Crippen molar-refractivity contribution in [3.8, 4) is 0 Å². The van der Waals surface area contributed by atoms with Crippen molar-refractivity contribution in [1.29, 1.82) is 0 Å². The lowest BCUT2D eigenvalue weighted by molar-refractivity contribution is -0.113. The average molecular weight is 320 g/mol. The van der Waals surface area contributed by atoms with E-state index >= 15 is 0 Å². The summed E-state index contributed by atoms with van der Waals surface area (Å²) in [6.45, 7) is 3.80. The fraction of sp³-hybridized carbons (Fsp3) is 0.250. The molecule has 1 heterocycles. The van der Waals surface area contributed by atoms with E-state index < -0.39 is 28.7 Å². The molecule has 0 aromatic carbocycles. The molecule has 0 saturated carbocycles. The highest BCUT2D eigenvalue weighted by atomic mass is 16.5. The van der Waals surface area contributed by atoms with Crippen molar-refractivity contribution >= 4 is 23.6 Å². The second-order valence-electron chi connectivity index (χ2n) is 4.66. The Bertz CT molecular complexity index is 774. The number of rotatable bonds is 5. The van der Waals surface area contributed by atoms with Crippen molar-refractivity contribution in [3.63, 3.8) is 0 Å². The highest BCUT2D eigenvalue weighted by Gasteiger charge is 2.18. The molecule has 0 aliphatic rings. The molecule has 1 rings (SSSR count). The smallest absolute Gasteiger partial charge is 0.351 e. The van der Waals surface area contributed by atoms with Crippen LogP contribution in [-0.2, 0) is 9.53 Å². The van der Waals surface area contributed by atoms with Crippen LogP contribution in [0.5, 0.6) is 0 Å². The second kappa shape index (κ2) is 7.35. The number of carbonyl (C=O) groups excluding carboxylic acids is 3. The van der Waals surface area contributed by atoms with Crippen molar-refractivity contribution in [2.75, 3.05) is 7.11 Å². The molecule has 0 unspecified atom stereocenters. The minimum Gasteiger partial charge on any atom is -0.512 e. The molecule has 0 fully saturated rings. The third-order valence-corrected chi connectivity index (χ3v) is 2.93.